The molecule has 3 aliphatic heterocycles. The second kappa shape index (κ2) is 59.9. The molecule has 1 aromatic rings. The summed E-state index contributed by atoms with van der Waals surface area (Å²) in [7, 11) is -1.49. The van der Waals surface area contributed by atoms with Crippen molar-refractivity contribution >= 4 is 103 Å². The SMILES string of the molecule is CC(=O)CCCC1OC(OCCOCCNC(=O)CN(CC(=O)NCCOCCOC2OC(COC(C)=O)C(OC(C)=O)C(OC(C)=O)C2NC(C)=O)C(Cc2ccc(CNC(=O)[C@H]3CC[C@H](OP(OCCC#N)N(C(C)C)C(C)C)CC3)cc2)C(=O)NCCOCCOC2OC(COC(C)=O)C(OC(C)=O)C(OC(C)=O)C2NC(C)=O)C(NC(C)=O)C(OC(C)=O)C1OC(C)=O. The number of esters is 8. The molecule has 7 N–H and O–H groups in total. The molecule has 0 bridgehead atoms. The number of hydrogen-bond donors (Lipinski definition) is 7. The van der Waals surface area contributed by atoms with Crippen LogP contribution >= 0.6 is 8.53 Å². The van der Waals surface area contributed by atoms with Gasteiger partial charge in [0.05, 0.1) is 104 Å². The first kappa shape index (κ1) is 113. The predicted octanol–water partition coefficient (Wildman–Crippen LogP) is 0.980. The van der Waals surface area contributed by atoms with E-state index in [4.69, 9.17) is 89.6 Å². The molecular formula is C86H133N10O35P. The fraction of sp³-hybridized carbons (Fsp3) is 0.733. The monoisotopic (exact) mass is 1900 g/mol. The number of nitrogens with zero attached hydrogens (tertiary/aromatic N) is 3. The van der Waals surface area contributed by atoms with Crippen molar-refractivity contribution in [1.29, 1.82) is 5.26 Å². The van der Waals surface area contributed by atoms with E-state index < -0.39 is 216 Å². The Kier molecular flexibility index (Phi) is 51.2. The lowest BCUT2D eigenvalue weighted by molar-refractivity contribution is -0.279. The van der Waals surface area contributed by atoms with Crippen molar-refractivity contribution in [3.8, 4) is 6.07 Å². The number of benzene rings is 1. The van der Waals surface area contributed by atoms with E-state index >= 15 is 4.79 Å². The third-order valence-electron chi connectivity index (χ3n) is 20.3. The van der Waals surface area contributed by atoms with E-state index in [0.717, 1.165) is 55.4 Å². The first-order chi connectivity index (χ1) is 62.6. The van der Waals surface area contributed by atoms with Gasteiger partial charge in [0.15, 0.2) is 55.5 Å². The van der Waals surface area contributed by atoms with Gasteiger partial charge in [-0.2, -0.15) is 5.26 Å². The summed E-state index contributed by atoms with van der Waals surface area (Å²) in [5.74, 6) is -10.7. The lowest BCUT2D eigenvalue weighted by atomic mass is 9.87. The average Bonchev–Trinajstić information content (AvgIpc) is 0.792. The van der Waals surface area contributed by atoms with Crippen LogP contribution in [0.4, 0.5) is 0 Å². The molecule has 4 aliphatic rings. The van der Waals surface area contributed by atoms with Crippen molar-refractivity contribution in [3.05, 3.63) is 35.4 Å². The van der Waals surface area contributed by atoms with Crippen LogP contribution in [0, 0.1) is 17.2 Å². The van der Waals surface area contributed by atoms with E-state index in [2.05, 4.69) is 75.7 Å². The highest BCUT2D eigenvalue weighted by Gasteiger charge is 2.55. The molecule has 742 valence electrons. The maximum atomic E-state index is 15.1. The Hall–Kier alpha value is -9.66. The Labute approximate surface area is 769 Å². The molecule has 0 spiro atoms. The van der Waals surface area contributed by atoms with Gasteiger partial charge in [-0.1, -0.05) is 24.3 Å². The molecule has 4 fully saturated rings. The molecule has 3 saturated heterocycles. The lowest BCUT2D eigenvalue weighted by Crippen LogP contribution is -2.66. The van der Waals surface area contributed by atoms with Crippen LogP contribution < -0.4 is 37.2 Å². The van der Waals surface area contributed by atoms with Crippen LogP contribution in [0.15, 0.2) is 24.3 Å². The zero-order valence-corrected chi connectivity index (χ0v) is 78.9. The number of ether oxygens (including phenoxy) is 17. The highest BCUT2D eigenvalue weighted by atomic mass is 31.2. The van der Waals surface area contributed by atoms with Gasteiger partial charge in [-0.25, -0.2) is 4.67 Å². The summed E-state index contributed by atoms with van der Waals surface area (Å²) in [6, 6.07) is 4.18. The molecule has 0 radical (unpaired) electrons. The van der Waals surface area contributed by atoms with Crippen LogP contribution in [0.3, 0.4) is 0 Å². The van der Waals surface area contributed by atoms with Gasteiger partial charge < -0.3 is 132 Å². The third kappa shape index (κ3) is 41.9. The number of amides is 7. The number of carbonyl (C=O) groups excluding carboxylic acids is 16. The number of nitriles is 1. The quantitative estimate of drug-likeness (QED) is 0.0207. The molecule has 17 unspecified atom stereocenters. The highest BCUT2D eigenvalue weighted by molar-refractivity contribution is 7.44. The van der Waals surface area contributed by atoms with Gasteiger partial charge in [0.1, 0.15) is 55.4 Å². The molecule has 1 aromatic carbocycles. The largest absolute Gasteiger partial charge is 0.463 e. The maximum absolute atomic E-state index is 15.1. The second-order valence-electron chi connectivity index (χ2n) is 32.2. The Balaban J connectivity index is 1.40. The van der Waals surface area contributed by atoms with Crippen LogP contribution in [0.1, 0.15) is 173 Å². The summed E-state index contributed by atoms with van der Waals surface area (Å²) >= 11 is 0. The van der Waals surface area contributed by atoms with Crippen molar-refractivity contribution in [1.82, 2.24) is 46.8 Å². The fourth-order valence-electron chi connectivity index (χ4n) is 15.0. The second-order valence-corrected chi connectivity index (χ2v) is 33.6. The van der Waals surface area contributed by atoms with Gasteiger partial charge in [-0.15, -0.1) is 0 Å². The molecule has 1 aliphatic carbocycles. The van der Waals surface area contributed by atoms with Crippen molar-refractivity contribution in [2.75, 3.05) is 112 Å². The number of ketones is 1. The minimum atomic E-state index is -1.49. The van der Waals surface area contributed by atoms with E-state index in [1.807, 2.05) is 0 Å². The molecule has 7 amide bonds. The van der Waals surface area contributed by atoms with Gasteiger partial charge in [-0.05, 0) is 90.7 Å². The summed E-state index contributed by atoms with van der Waals surface area (Å²) in [6.45, 7) is 18.0. The van der Waals surface area contributed by atoms with Crippen LogP contribution in [-0.4, -0.2) is 333 Å². The zero-order valence-electron chi connectivity index (χ0n) is 78.0. The van der Waals surface area contributed by atoms with Crippen molar-refractivity contribution in [3.63, 3.8) is 0 Å². The lowest BCUT2D eigenvalue weighted by Gasteiger charge is -2.45. The molecule has 45 nitrogen and oxygen atoms in total. The molecule has 0 aromatic heterocycles. The van der Waals surface area contributed by atoms with E-state index in [9.17, 15) is 77.2 Å². The van der Waals surface area contributed by atoms with E-state index in [0.29, 0.717) is 43.2 Å². The molecule has 46 heteroatoms. The van der Waals surface area contributed by atoms with E-state index in [-0.39, 0.29) is 154 Å². The molecule has 132 heavy (non-hydrogen) atoms. The third-order valence-corrected chi connectivity index (χ3v) is 22.5. The standard InChI is InChI=1S/C86H133N10O35P/c1-49(2)96(50(3)4)132(121-33-18-29-87)131-66-27-25-65(26-28-66)82(111)91-44-64-23-21-63(22-24-64)43-67(83(112)90-32-36-115-39-42-118-86-75(94-54(8)100)81(127-62(16)108)78(124-59(13)105)70(130-86)48-120-56(10)102)95(46-72(110)89-31-35-114-38-41-117-85-74(93-53(7)99)80(126-61(15)107)77(123-58(12)104)69(129-85)47-119-55(9)101)45-71(109)88-30-34-113-37-40-116-84-73(92-52(6)98)79(125-60(14)106)76(122-57(11)103)68(128-84)20-17-19-51(5)97/h21-24,49-50,65-70,73-81,84-86H,17-20,25-28,30-48H2,1-16H3,(H,88,109)(H,89,110)(H,90,112)(H,91,111)(H,92,98)(H,93,99)(H,94,100)/t65-,66-,67?,68?,69?,70?,73?,74?,75?,76?,77?,78?,79?,80?,81?,84?,85?,86?,132?. The summed E-state index contributed by atoms with van der Waals surface area (Å²) in [6.07, 6.45) is -12.9. The smallest absolute Gasteiger partial charge is 0.303 e. The molecule has 3 heterocycles. The van der Waals surface area contributed by atoms with Gasteiger partial charge in [0.25, 0.3) is 8.53 Å². The molecular weight excluding hydrogens is 1760 g/mol. The fourth-order valence-corrected chi connectivity index (χ4v) is 16.7. The summed E-state index contributed by atoms with van der Waals surface area (Å²) < 4.78 is 113. The van der Waals surface area contributed by atoms with Crippen LogP contribution in [0.5, 0.6) is 0 Å². The predicted molar refractivity (Wildman–Crippen MR) is 459 cm³/mol. The van der Waals surface area contributed by atoms with Crippen LogP contribution in [-0.2, 0) is 179 Å². The van der Waals surface area contributed by atoms with Gasteiger partial charge in [-0.3, -0.25) is 76.8 Å². The number of nitrogens with one attached hydrogen (secondary N) is 7. The topological polar surface area (TPSA) is 563 Å². The Morgan fingerprint density at radius 3 is 1.20 bits per heavy atom. The minimum absolute atomic E-state index is 0.103. The van der Waals surface area contributed by atoms with Crippen molar-refractivity contribution in [2.45, 2.75) is 291 Å². The highest BCUT2D eigenvalue weighted by Crippen LogP contribution is 2.49. The number of hydrogen-bond acceptors (Lipinski definition) is 38. The summed E-state index contributed by atoms with van der Waals surface area (Å²) in [4.78, 5) is 207. The summed E-state index contributed by atoms with van der Waals surface area (Å²) in [5, 5.41) is 28.5. The van der Waals surface area contributed by atoms with E-state index in [1.54, 1.807) is 24.3 Å². The molecule has 17 atom stereocenters. The summed E-state index contributed by atoms with van der Waals surface area (Å²) in [5.41, 5.74) is 1.23. The first-order valence-electron chi connectivity index (χ1n) is 44.0. The normalized spacial score (nSPS) is 23.9. The van der Waals surface area contributed by atoms with Gasteiger partial charge >= 0.3 is 47.8 Å². The minimum Gasteiger partial charge on any atom is -0.463 e. The molecule has 1 saturated carbocycles. The zero-order chi connectivity index (χ0) is 97.7. The molecule has 5 rings (SSSR count). The van der Waals surface area contributed by atoms with Gasteiger partial charge in [0.2, 0.25) is 41.4 Å². The number of Topliss-reactive ketones (excluding diaryl/α,β-unsaturated/α-hetero) is 1. The Morgan fingerprint density at radius 2 is 0.833 bits per heavy atom. The number of carbonyl (C=O) groups is 16. The van der Waals surface area contributed by atoms with Gasteiger partial charge in [0, 0.05) is 127 Å². The van der Waals surface area contributed by atoms with Crippen LogP contribution in [0.25, 0.3) is 0 Å². The Morgan fingerprint density at radius 1 is 0.455 bits per heavy atom. The average molecular weight is 1900 g/mol. The van der Waals surface area contributed by atoms with Crippen LogP contribution in [0.2, 0.25) is 0 Å². The van der Waals surface area contributed by atoms with Crippen molar-refractivity contribution < 1.29 is 166 Å². The number of rotatable bonds is 57. The Bertz CT molecular complexity index is 3940. The van der Waals surface area contributed by atoms with E-state index in [1.165, 1.54) is 32.6 Å². The maximum Gasteiger partial charge on any atom is 0.303 e. The first-order valence-corrected chi connectivity index (χ1v) is 45.1. The van der Waals surface area contributed by atoms with Crippen molar-refractivity contribution in [2.24, 2.45) is 5.92 Å².